The highest BCUT2D eigenvalue weighted by Crippen LogP contribution is 2.15. The van der Waals surface area contributed by atoms with Crippen molar-refractivity contribution >= 4 is 35.5 Å². The van der Waals surface area contributed by atoms with E-state index in [4.69, 9.17) is 51.6 Å². The molecule has 0 spiro atoms. The van der Waals surface area contributed by atoms with Gasteiger partial charge in [0, 0.05) is 23.1 Å². The molecule has 0 aliphatic carbocycles. The van der Waals surface area contributed by atoms with E-state index in [0.29, 0.717) is 28.9 Å². The molecule has 0 aliphatic heterocycles. The standard InChI is InChI=1S/C22H27N5O4.2C2HF3O2/c1-2-30-19(28)11-10-17(13-31-18-5-3-4-16(12-18)21(25)26)27-22(29)15-8-6-14(7-9-15)20(23)24;2*3-2(4,5)1(6)7/h3-9,12,17H,2,10-11,13H2,1H3,(H3,23,24)(H3,25,26)(H,27,29);2*(H,6,7)/t17-;;/m1../s1. The summed E-state index contributed by atoms with van der Waals surface area (Å²) >= 11 is 0. The van der Waals surface area contributed by atoms with Crippen LogP contribution in [0.25, 0.3) is 0 Å². The lowest BCUT2D eigenvalue weighted by atomic mass is 10.1. The fraction of sp³-hybridized carbons (Fsp3) is 0.308. The Balaban J connectivity index is 0.00000114. The van der Waals surface area contributed by atoms with Gasteiger partial charge in [-0.15, -0.1) is 0 Å². The van der Waals surface area contributed by atoms with E-state index in [9.17, 15) is 35.9 Å². The molecule has 13 nitrogen and oxygen atoms in total. The third-order valence-electron chi connectivity index (χ3n) is 4.88. The van der Waals surface area contributed by atoms with Crippen LogP contribution in [0.5, 0.6) is 5.75 Å². The minimum atomic E-state index is -5.08. The maximum atomic E-state index is 12.6. The first-order valence-electron chi connectivity index (χ1n) is 12.3. The number of nitrogen functional groups attached to an aromatic ring is 2. The highest BCUT2D eigenvalue weighted by Gasteiger charge is 2.38. The summed E-state index contributed by atoms with van der Waals surface area (Å²) < 4.78 is 74.2. The van der Waals surface area contributed by atoms with Crippen molar-refractivity contribution in [3.63, 3.8) is 0 Å². The zero-order valence-electron chi connectivity index (χ0n) is 23.3. The molecule has 0 aromatic heterocycles. The van der Waals surface area contributed by atoms with Crippen molar-refractivity contribution in [1.82, 2.24) is 5.32 Å². The van der Waals surface area contributed by atoms with Gasteiger partial charge in [0.05, 0.1) is 12.6 Å². The summed E-state index contributed by atoms with van der Waals surface area (Å²) in [7, 11) is 0. The van der Waals surface area contributed by atoms with Crippen LogP contribution in [0.15, 0.2) is 48.5 Å². The summed E-state index contributed by atoms with van der Waals surface area (Å²) in [6.45, 7) is 2.12. The zero-order chi connectivity index (χ0) is 35.0. The van der Waals surface area contributed by atoms with Crippen LogP contribution in [0.2, 0.25) is 0 Å². The number of amides is 1. The average molecular weight is 654 g/mol. The molecule has 248 valence electrons. The maximum absolute atomic E-state index is 12.6. The topological polar surface area (TPSA) is 239 Å². The molecule has 0 heterocycles. The van der Waals surface area contributed by atoms with E-state index in [1.807, 2.05) is 0 Å². The van der Waals surface area contributed by atoms with Gasteiger partial charge in [0.2, 0.25) is 0 Å². The van der Waals surface area contributed by atoms with Crippen LogP contribution >= 0.6 is 0 Å². The molecule has 0 unspecified atom stereocenters. The number of esters is 1. The number of amidine groups is 2. The van der Waals surface area contributed by atoms with E-state index in [1.165, 1.54) is 0 Å². The molecule has 0 saturated carbocycles. The molecular formula is C26H29F6N5O8. The number of rotatable bonds is 11. The van der Waals surface area contributed by atoms with Gasteiger partial charge in [-0.2, -0.15) is 26.3 Å². The Labute approximate surface area is 251 Å². The molecule has 19 heteroatoms. The van der Waals surface area contributed by atoms with Crippen molar-refractivity contribution in [2.24, 2.45) is 11.5 Å². The molecule has 1 amide bonds. The fourth-order valence-electron chi connectivity index (χ4n) is 2.74. The zero-order valence-corrected chi connectivity index (χ0v) is 23.3. The van der Waals surface area contributed by atoms with Gasteiger partial charge in [0.25, 0.3) is 5.91 Å². The van der Waals surface area contributed by atoms with Crippen molar-refractivity contribution < 1.29 is 65.2 Å². The van der Waals surface area contributed by atoms with E-state index in [2.05, 4.69) is 5.32 Å². The average Bonchev–Trinajstić information content (AvgIpc) is 2.94. The van der Waals surface area contributed by atoms with Crippen molar-refractivity contribution in [3.05, 3.63) is 65.2 Å². The number of carboxylic acids is 2. The number of alkyl halides is 6. The first-order valence-corrected chi connectivity index (χ1v) is 12.3. The first kappa shape index (κ1) is 39.6. The van der Waals surface area contributed by atoms with Gasteiger partial charge in [-0.3, -0.25) is 20.4 Å². The quantitative estimate of drug-likeness (QED) is 0.0809. The molecule has 2 aromatic rings. The van der Waals surface area contributed by atoms with E-state index in [1.54, 1.807) is 55.5 Å². The largest absolute Gasteiger partial charge is 0.491 e. The number of ether oxygens (including phenoxy) is 2. The summed E-state index contributed by atoms with van der Waals surface area (Å²) in [5, 5.41) is 32.1. The molecule has 45 heavy (non-hydrogen) atoms. The molecule has 0 bridgehead atoms. The molecule has 2 rings (SSSR count). The molecular weight excluding hydrogens is 624 g/mol. The molecule has 0 saturated heterocycles. The van der Waals surface area contributed by atoms with Gasteiger partial charge in [-0.05, 0) is 37.6 Å². The van der Waals surface area contributed by atoms with Crippen LogP contribution in [-0.2, 0) is 19.1 Å². The van der Waals surface area contributed by atoms with Crippen LogP contribution in [0.4, 0.5) is 26.3 Å². The number of hydrogen-bond acceptors (Lipinski definition) is 8. The van der Waals surface area contributed by atoms with E-state index >= 15 is 0 Å². The second-order valence-corrected chi connectivity index (χ2v) is 8.36. The number of carbonyl (C=O) groups is 4. The van der Waals surface area contributed by atoms with Gasteiger partial charge in [-0.25, -0.2) is 9.59 Å². The second-order valence-electron chi connectivity index (χ2n) is 8.36. The molecule has 9 N–H and O–H groups in total. The molecule has 0 fully saturated rings. The number of halogens is 6. The number of carbonyl (C=O) groups excluding carboxylic acids is 2. The summed E-state index contributed by atoms with van der Waals surface area (Å²) in [4.78, 5) is 42.2. The third-order valence-corrected chi connectivity index (χ3v) is 4.88. The van der Waals surface area contributed by atoms with Crippen LogP contribution in [0.3, 0.4) is 0 Å². The lowest BCUT2D eigenvalue weighted by Gasteiger charge is -2.19. The van der Waals surface area contributed by atoms with E-state index < -0.39 is 30.3 Å². The lowest BCUT2D eigenvalue weighted by Crippen LogP contribution is -2.39. The summed E-state index contributed by atoms with van der Waals surface area (Å²) in [5.74, 6) is -5.88. The van der Waals surface area contributed by atoms with Crippen LogP contribution < -0.4 is 21.5 Å². The summed E-state index contributed by atoms with van der Waals surface area (Å²) in [6, 6.07) is 12.6. The van der Waals surface area contributed by atoms with Gasteiger partial charge in [0.15, 0.2) is 0 Å². The minimum absolute atomic E-state index is 0.0772. The highest BCUT2D eigenvalue weighted by molar-refractivity contribution is 5.98. The number of carboxylic acid groups (broad SMARTS) is 2. The SMILES string of the molecule is CCOC(=O)CC[C@H](COc1cccc(C(=N)N)c1)NC(=O)c1ccc(C(=N)N)cc1.O=C(O)C(F)(F)F.O=C(O)C(F)(F)F. The smallest absolute Gasteiger partial charge is 0.490 e. The monoisotopic (exact) mass is 653 g/mol. The van der Waals surface area contributed by atoms with Crippen molar-refractivity contribution in [2.45, 2.75) is 38.2 Å². The Hall–Kier alpha value is -5.36. The Morgan fingerprint density at radius 1 is 0.844 bits per heavy atom. The molecule has 0 aliphatic rings. The van der Waals surface area contributed by atoms with Gasteiger partial charge < -0.3 is 36.5 Å². The third kappa shape index (κ3) is 16.8. The van der Waals surface area contributed by atoms with Crippen molar-refractivity contribution in [1.29, 1.82) is 10.8 Å². The predicted octanol–water partition coefficient (Wildman–Crippen LogP) is 3.04. The predicted molar refractivity (Wildman–Crippen MR) is 145 cm³/mol. The second kappa shape index (κ2) is 18.3. The van der Waals surface area contributed by atoms with Gasteiger partial charge in [-0.1, -0.05) is 24.3 Å². The lowest BCUT2D eigenvalue weighted by molar-refractivity contribution is -0.193. The van der Waals surface area contributed by atoms with Crippen LogP contribution in [0, 0.1) is 10.8 Å². The minimum Gasteiger partial charge on any atom is -0.491 e. The van der Waals surface area contributed by atoms with Crippen LogP contribution in [-0.4, -0.2) is 77.3 Å². The maximum Gasteiger partial charge on any atom is 0.490 e. The summed E-state index contributed by atoms with van der Waals surface area (Å²) in [6.07, 6.45) is -9.72. The van der Waals surface area contributed by atoms with E-state index in [0.717, 1.165) is 0 Å². The van der Waals surface area contributed by atoms with Crippen molar-refractivity contribution in [2.75, 3.05) is 13.2 Å². The number of nitrogens with one attached hydrogen (secondary N) is 3. The Morgan fingerprint density at radius 3 is 1.73 bits per heavy atom. The Kier molecular flexibility index (Phi) is 16.2. The number of hydrogen-bond donors (Lipinski definition) is 7. The molecule has 1 atom stereocenters. The number of benzene rings is 2. The highest BCUT2D eigenvalue weighted by atomic mass is 19.4. The van der Waals surface area contributed by atoms with Gasteiger partial charge in [0.1, 0.15) is 24.0 Å². The first-order chi connectivity index (χ1) is 20.7. The fourth-order valence-corrected chi connectivity index (χ4v) is 2.74. The van der Waals surface area contributed by atoms with E-state index in [-0.39, 0.29) is 43.2 Å². The summed E-state index contributed by atoms with van der Waals surface area (Å²) in [5.41, 5.74) is 12.4. The Morgan fingerprint density at radius 2 is 1.31 bits per heavy atom. The number of aliphatic carboxylic acids is 2. The van der Waals surface area contributed by atoms with Crippen molar-refractivity contribution in [3.8, 4) is 5.75 Å². The van der Waals surface area contributed by atoms with Crippen LogP contribution in [0.1, 0.15) is 41.3 Å². The molecule has 2 aromatic carbocycles. The molecule has 0 radical (unpaired) electrons. The normalized spacial score (nSPS) is 11.3. The Bertz CT molecular complexity index is 1310. The number of nitrogens with two attached hydrogens (primary N) is 2. The van der Waals surface area contributed by atoms with Gasteiger partial charge >= 0.3 is 30.3 Å².